The summed E-state index contributed by atoms with van der Waals surface area (Å²) in [5, 5.41) is 46.4. The van der Waals surface area contributed by atoms with Crippen LogP contribution in [0.5, 0.6) is 5.75 Å². The van der Waals surface area contributed by atoms with Crippen LogP contribution in [0.2, 0.25) is 4.34 Å². The lowest BCUT2D eigenvalue weighted by molar-refractivity contribution is -0.138. The molecule has 3 aromatic heterocycles. The fourth-order valence-corrected chi connectivity index (χ4v) is 25.9. The molecule has 0 unspecified atom stereocenters. The van der Waals surface area contributed by atoms with E-state index in [-0.39, 0.29) is 104 Å². The second-order valence-electron chi connectivity index (χ2n) is 32.2. The van der Waals surface area contributed by atoms with Gasteiger partial charge >= 0.3 is 36.2 Å². The minimum atomic E-state index is -4.65. The number of carboxylic acid groups (broad SMARTS) is 4. The van der Waals surface area contributed by atoms with E-state index in [4.69, 9.17) is 21.6 Å². The Labute approximate surface area is 764 Å². The second kappa shape index (κ2) is 37.8. The van der Waals surface area contributed by atoms with Gasteiger partial charge in [0.2, 0.25) is 0 Å². The Hall–Kier alpha value is -11.3. The number of sulfone groups is 5. The molecule has 3 heterocycles. The van der Waals surface area contributed by atoms with E-state index in [1.54, 1.807) is 41.7 Å². The van der Waals surface area contributed by atoms with Crippen molar-refractivity contribution in [1.82, 2.24) is 0 Å². The van der Waals surface area contributed by atoms with Crippen LogP contribution in [0.3, 0.4) is 0 Å². The number of hydrogen-bond acceptors (Lipinski definition) is 19. The molecule has 0 spiro atoms. The van der Waals surface area contributed by atoms with Crippen LogP contribution in [-0.2, 0) is 84.6 Å². The number of ether oxygens (including phenoxy) is 1. The highest BCUT2D eigenvalue weighted by atomic mass is 35.5. The summed E-state index contributed by atoms with van der Waals surface area (Å²) in [5.41, 5.74) is 0.979. The van der Waals surface area contributed by atoms with Crippen molar-refractivity contribution in [1.29, 1.82) is 5.26 Å². The average molecular weight is 1970 g/mol. The summed E-state index contributed by atoms with van der Waals surface area (Å²) in [7, 11) is -18.7. The van der Waals surface area contributed by atoms with Crippen LogP contribution in [0, 0.1) is 23.0 Å². The van der Waals surface area contributed by atoms with E-state index in [0.717, 1.165) is 157 Å². The quantitative estimate of drug-likeness (QED) is 0.0347. The summed E-state index contributed by atoms with van der Waals surface area (Å²) in [4.78, 5) is 49.7. The van der Waals surface area contributed by atoms with Crippen LogP contribution in [0.1, 0.15) is 201 Å². The van der Waals surface area contributed by atoms with Crippen LogP contribution in [0.4, 0.5) is 35.1 Å². The van der Waals surface area contributed by atoms with Gasteiger partial charge in [-0.15, -0.1) is 34.0 Å². The molecule has 5 fully saturated rings. The number of rotatable bonds is 27. The Kier molecular flexibility index (Phi) is 27.6. The number of benzene rings is 9. The number of hydrogen-bond donors (Lipinski definition) is 4. The third-order valence-electron chi connectivity index (χ3n) is 22.4. The zero-order valence-corrected chi connectivity index (χ0v) is 76.2. The highest BCUT2D eigenvalue weighted by Crippen LogP contribution is 2.52. The van der Waals surface area contributed by atoms with Gasteiger partial charge in [-0.2, -0.15) is 31.6 Å². The van der Waals surface area contributed by atoms with Crippen molar-refractivity contribution >= 4 is 119 Å². The predicted octanol–water partition coefficient (Wildman–Crippen LogP) is 22.9. The lowest BCUT2D eigenvalue weighted by atomic mass is 9.98. The zero-order valence-electron chi connectivity index (χ0n) is 68.9. The number of nitriles is 1. The molecule has 682 valence electrons. The summed E-state index contributed by atoms with van der Waals surface area (Å²) in [5.74, 6) is -7.92. The van der Waals surface area contributed by atoms with Crippen molar-refractivity contribution in [2.45, 2.75) is 154 Å². The predicted molar refractivity (Wildman–Crippen MR) is 477 cm³/mol. The largest absolute Gasteiger partial charge is 0.495 e. The minimum Gasteiger partial charge on any atom is -0.495 e. The first-order valence-corrected chi connectivity index (χ1v) is 51.6. The lowest BCUT2D eigenvalue weighted by Gasteiger charge is -2.15. The van der Waals surface area contributed by atoms with Crippen LogP contribution in [0.25, 0.3) is 42.4 Å². The van der Waals surface area contributed by atoms with Crippen molar-refractivity contribution in [3.05, 3.63) is 304 Å². The number of methoxy groups -OCH3 is 1. The number of thiophene rings is 3. The Morgan fingerprint density at radius 2 is 0.771 bits per heavy atom. The molecule has 0 aliphatic heterocycles. The molecule has 17 rings (SSSR count). The maximum absolute atomic E-state index is 14.3. The number of nitrogens with zero attached hydrogens (tertiary/aromatic N) is 1. The smallest absolute Gasteiger partial charge is 0.416 e. The van der Waals surface area contributed by atoms with Crippen LogP contribution in [0.15, 0.2) is 225 Å². The molecule has 5 saturated carbocycles. The van der Waals surface area contributed by atoms with Crippen LogP contribution >= 0.6 is 45.6 Å². The molecule has 0 radical (unpaired) electrons. The van der Waals surface area contributed by atoms with Crippen molar-refractivity contribution in [3.63, 3.8) is 0 Å². The van der Waals surface area contributed by atoms with Gasteiger partial charge in [-0.05, 0) is 312 Å². The Balaban J connectivity index is 0.000000141. The third kappa shape index (κ3) is 22.9. The fraction of sp³-hybridized carbons (Fsp3) is 0.245. The SMILES string of the molecule is COc1ccc(C(=O)O)cc1S(=O)(=O)Cc1cc(C#N)c(F)cc1-c1cccc(F)c1.CS(=O)(=O)c1ccc(-c2ccc(C3CC3)s2)c(CS(=O)(=O)c2cc(C(=O)O)ccc2C2CC2)c1.O=C(O)c1ccc(C2CC2)c(S(=O)(=O)Cc2cc(C(F)(F)F)ccc2-c2ccc(C3CC3)s2)c1.O=C(O)c1ccc(C2CC2)c(S(=O)(=O)Cc2cc(C(F)(F)F)ccc2-c2ccc(Cl)s2)c1. The third-order valence-corrected chi connectivity index (χ3v) is 34.1. The molecular weight excluding hydrogens is 1890 g/mol. The van der Waals surface area contributed by atoms with Crippen molar-refractivity contribution in [2.24, 2.45) is 0 Å². The van der Waals surface area contributed by atoms with E-state index in [1.165, 1.54) is 114 Å². The molecule has 20 nitrogen and oxygen atoms in total. The van der Waals surface area contributed by atoms with Crippen molar-refractivity contribution in [2.75, 3.05) is 13.4 Å². The molecule has 12 aromatic rings. The first-order chi connectivity index (χ1) is 61.7. The molecule has 5 aliphatic rings. The average Bonchev–Trinajstić information content (AvgIpc) is 1.73. The topological polar surface area (TPSA) is 353 Å². The van der Waals surface area contributed by atoms with Gasteiger partial charge in [0.1, 0.15) is 28.3 Å². The molecule has 5 aliphatic carbocycles. The Bertz CT molecular complexity index is 7240. The minimum absolute atomic E-state index is 0.000276. The first kappa shape index (κ1) is 95.8. The summed E-state index contributed by atoms with van der Waals surface area (Å²) < 4.78 is 246. The van der Waals surface area contributed by atoms with Crippen LogP contribution < -0.4 is 4.74 Å². The van der Waals surface area contributed by atoms with Gasteiger partial charge in [0.05, 0.1) is 93.0 Å². The van der Waals surface area contributed by atoms with E-state index in [9.17, 15) is 117 Å². The summed E-state index contributed by atoms with van der Waals surface area (Å²) >= 11 is 10.2. The Morgan fingerprint density at radius 1 is 0.412 bits per heavy atom. The van der Waals surface area contributed by atoms with Crippen LogP contribution in [-0.4, -0.2) is 99.8 Å². The fourth-order valence-electron chi connectivity index (χ4n) is 15.0. The van der Waals surface area contributed by atoms with E-state index in [2.05, 4.69) is 6.07 Å². The van der Waals surface area contributed by atoms with Gasteiger partial charge in [0, 0.05) is 30.6 Å². The summed E-state index contributed by atoms with van der Waals surface area (Å²) in [6.07, 6.45) is 1.16. The first-order valence-electron chi connectivity index (χ1n) is 40.3. The van der Waals surface area contributed by atoms with E-state index >= 15 is 0 Å². The monoisotopic (exact) mass is 1970 g/mol. The maximum Gasteiger partial charge on any atom is 0.416 e. The molecule has 9 aromatic carbocycles. The number of carboxylic acids is 4. The molecule has 131 heavy (non-hydrogen) atoms. The Morgan fingerprint density at radius 3 is 1.12 bits per heavy atom. The molecule has 37 heteroatoms. The lowest BCUT2D eigenvalue weighted by Crippen LogP contribution is -2.12. The van der Waals surface area contributed by atoms with Gasteiger partial charge in [-0.3, -0.25) is 0 Å². The zero-order chi connectivity index (χ0) is 94.5. The summed E-state index contributed by atoms with van der Waals surface area (Å²) in [6, 6.07) is 46.3. The molecule has 0 bridgehead atoms. The number of alkyl halides is 6. The molecule has 4 N–H and O–H groups in total. The number of halogens is 9. The number of aromatic carboxylic acids is 4. The highest BCUT2D eigenvalue weighted by molar-refractivity contribution is 7.92. The number of carbonyl (C=O) groups is 4. The standard InChI is InChI=1S/C25H21F3O4S2.C25H24O6S3.C22H16ClF3O4S2.C22H15F2NO5S/c26-25(27,28)18-6-8-19(22-10-9-21(33-22)15-3-4-15)17(11-18)13-34(31,32)23-12-16(24(29)30)5-7-20(23)14-1-2-14;1-33(28,29)19-7-9-20(23-11-10-22(32-23)16-4-5-16)18(12-19)14-34(30,31)24-13-17(25(26)27)6-8-21(24)15-2-3-15;23-20-8-7-18(31-20)16-6-4-15(22(24,25)26)9-14(16)11-32(29,30)19-10-13(21(27)28)3-5-17(19)12-1-2-12;1-30-20-6-5-14(22(26)27)9-21(20)31(28,29)12-16-7-15(11-25)19(24)10-18(16)13-3-2-4-17(23)8-13/h5-12,14-15H,1-4,13H2,(H,29,30);6-13,15-16H,2-5,14H2,1H3,(H,26,27);3-10,12H,1-2,11H2,(H,27,28);2-10H,12H2,1H3,(H,26,27). The molecular formula is C94H76ClF8NO19S8. The van der Waals surface area contributed by atoms with Crippen molar-refractivity contribution in [3.8, 4) is 54.3 Å². The normalized spacial score (nSPS) is 14.7. The van der Waals surface area contributed by atoms with Gasteiger partial charge < -0.3 is 25.2 Å². The summed E-state index contributed by atoms with van der Waals surface area (Å²) in [6.45, 7) is 0. The molecule has 0 saturated heterocycles. The van der Waals surface area contributed by atoms with Gasteiger partial charge in [0.15, 0.2) is 49.2 Å². The molecule has 0 amide bonds. The van der Waals surface area contributed by atoms with E-state index in [0.29, 0.717) is 60.0 Å². The maximum atomic E-state index is 14.3. The van der Waals surface area contributed by atoms with Gasteiger partial charge in [0.25, 0.3) is 0 Å². The van der Waals surface area contributed by atoms with Gasteiger partial charge in [-0.1, -0.05) is 60.1 Å². The van der Waals surface area contributed by atoms with Gasteiger partial charge in [-0.25, -0.2) is 70.0 Å². The van der Waals surface area contributed by atoms with E-state index in [1.807, 2.05) is 18.2 Å². The van der Waals surface area contributed by atoms with E-state index < -0.39 is 131 Å². The molecule has 0 atom stereocenters. The highest BCUT2D eigenvalue weighted by Gasteiger charge is 2.40. The second-order valence-corrected chi connectivity index (χ2v) is 46.0. The van der Waals surface area contributed by atoms with Crippen molar-refractivity contribution < 1.29 is 122 Å².